The lowest BCUT2D eigenvalue weighted by molar-refractivity contribution is -0.0179. The van der Waals surface area contributed by atoms with Crippen molar-refractivity contribution in [1.82, 2.24) is 15.8 Å². The van der Waals surface area contributed by atoms with Crippen LogP contribution in [0.5, 0.6) is 0 Å². The van der Waals surface area contributed by atoms with Crippen molar-refractivity contribution in [3.63, 3.8) is 0 Å². The Morgan fingerprint density at radius 1 is 1.50 bits per heavy atom. The zero-order valence-electron chi connectivity index (χ0n) is 6.48. The molecule has 10 heavy (non-hydrogen) atoms. The number of rotatable bonds is 1. The maximum atomic E-state index is 3.41. The van der Waals surface area contributed by atoms with Gasteiger partial charge in [0.2, 0.25) is 0 Å². The van der Waals surface area contributed by atoms with E-state index in [2.05, 4.69) is 15.8 Å². The molecular weight excluding hydrogens is 126 g/mol. The largest absolute Gasteiger partial charge is 0.316 e. The van der Waals surface area contributed by atoms with E-state index in [9.17, 15) is 0 Å². The average Bonchev–Trinajstić information content (AvgIpc) is 2.30. The summed E-state index contributed by atoms with van der Waals surface area (Å²) in [6.45, 7) is 4.91. The smallest absolute Gasteiger partial charge is 0.0213 e. The highest BCUT2D eigenvalue weighted by Crippen LogP contribution is 2.34. The van der Waals surface area contributed by atoms with Gasteiger partial charge < -0.3 is 5.32 Å². The van der Waals surface area contributed by atoms with Crippen molar-refractivity contribution >= 4 is 0 Å². The van der Waals surface area contributed by atoms with Crippen molar-refractivity contribution in [2.45, 2.75) is 6.42 Å². The lowest BCUT2D eigenvalue weighted by atomic mass is 9.80. The molecule has 3 nitrogen and oxygen atoms in total. The number of hydrazine groups is 1. The van der Waals surface area contributed by atoms with Crippen LogP contribution in [0.25, 0.3) is 0 Å². The molecule has 0 aromatic rings. The second kappa shape index (κ2) is 2.19. The van der Waals surface area contributed by atoms with Crippen LogP contribution in [0, 0.1) is 5.41 Å². The summed E-state index contributed by atoms with van der Waals surface area (Å²) in [4.78, 5) is 0. The maximum Gasteiger partial charge on any atom is 0.0213 e. The van der Waals surface area contributed by atoms with E-state index in [4.69, 9.17) is 0 Å². The van der Waals surface area contributed by atoms with Crippen LogP contribution >= 0.6 is 0 Å². The zero-order valence-corrected chi connectivity index (χ0v) is 6.48. The summed E-state index contributed by atoms with van der Waals surface area (Å²) < 4.78 is 0. The Hall–Kier alpha value is -0.120. The quantitative estimate of drug-likeness (QED) is 0.511. The molecule has 0 aromatic heterocycles. The summed E-state index contributed by atoms with van der Waals surface area (Å²) >= 11 is 0. The van der Waals surface area contributed by atoms with Crippen LogP contribution in [-0.2, 0) is 0 Å². The van der Waals surface area contributed by atoms with E-state index < -0.39 is 0 Å². The van der Waals surface area contributed by atoms with Crippen molar-refractivity contribution in [1.29, 1.82) is 0 Å². The Kier molecular flexibility index (Phi) is 1.44. The molecule has 2 rings (SSSR count). The van der Waals surface area contributed by atoms with Crippen LogP contribution in [0.1, 0.15) is 6.42 Å². The van der Waals surface area contributed by atoms with Gasteiger partial charge in [-0.3, -0.25) is 5.43 Å². The van der Waals surface area contributed by atoms with Crippen LogP contribution < -0.4 is 10.7 Å². The van der Waals surface area contributed by atoms with Crippen LogP contribution in [0.3, 0.4) is 0 Å². The standard InChI is InChI=1S/C7H15N3/c1-8-10-5-7(6-10)2-3-9-4-7/h8-9H,2-6H2,1H3. The fourth-order valence-electron chi connectivity index (χ4n) is 1.99. The van der Waals surface area contributed by atoms with Gasteiger partial charge in [-0.25, -0.2) is 5.01 Å². The number of hydrogen-bond donors (Lipinski definition) is 2. The third kappa shape index (κ3) is 0.856. The predicted octanol–water partition coefficient (Wildman–Crippen LogP) is -0.584. The summed E-state index contributed by atoms with van der Waals surface area (Å²) in [5.74, 6) is 0. The van der Waals surface area contributed by atoms with Gasteiger partial charge >= 0.3 is 0 Å². The fraction of sp³-hybridized carbons (Fsp3) is 1.00. The Labute approximate surface area is 61.7 Å². The Morgan fingerprint density at radius 2 is 2.30 bits per heavy atom. The average molecular weight is 141 g/mol. The van der Waals surface area contributed by atoms with E-state index >= 15 is 0 Å². The van der Waals surface area contributed by atoms with Gasteiger partial charge in [-0.2, -0.15) is 0 Å². The SMILES string of the molecule is CNN1CC2(CCNC2)C1. The van der Waals surface area contributed by atoms with Gasteiger partial charge in [0.25, 0.3) is 0 Å². The molecule has 2 aliphatic heterocycles. The summed E-state index contributed by atoms with van der Waals surface area (Å²) in [5, 5.41) is 5.68. The van der Waals surface area contributed by atoms with Gasteiger partial charge in [-0.1, -0.05) is 0 Å². The van der Waals surface area contributed by atoms with E-state index in [1.54, 1.807) is 0 Å². The molecule has 2 heterocycles. The second-order valence-corrected chi connectivity index (χ2v) is 3.51. The molecule has 2 N–H and O–H groups in total. The first-order chi connectivity index (χ1) is 4.85. The highest BCUT2D eigenvalue weighted by molar-refractivity contribution is 4.98. The van der Waals surface area contributed by atoms with E-state index in [-0.39, 0.29) is 0 Å². The summed E-state index contributed by atoms with van der Waals surface area (Å²) in [6.07, 6.45) is 1.37. The van der Waals surface area contributed by atoms with E-state index in [1.165, 1.54) is 32.6 Å². The lowest BCUT2D eigenvalue weighted by Crippen LogP contribution is -2.61. The van der Waals surface area contributed by atoms with Gasteiger partial charge in [0, 0.05) is 25.0 Å². The molecule has 3 heteroatoms. The first-order valence-corrected chi connectivity index (χ1v) is 3.98. The molecule has 0 aromatic carbocycles. The summed E-state index contributed by atoms with van der Waals surface area (Å²) in [6, 6.07) is 0. The number of nitrogens with zero attached hydrogens (tertiary/aromatic N) is 1. The molecule has 58 valence electrons. The predicted molar refractivity (Wildman–Crippen MR) is 40.6 cm³/mol. The van der Waals surface area contributed by atoms with Crippen molar-refractivity contribution in [2.24, 2.45) is 5.41 Å². The third-order valence-electron chi connectivity index (χ3n) is 2.70. The van der Waals surface area contributed by atoms with Crippen molar-refractivity contribution in [2.75, 3.05) is 33.2 Å². The lowest BCUT2D eigenvalue weighted by Gasteiger charge is -2.47. The summed E-state index contributed by atoms with van der Waals surface area (Å²) in [7, 11) is 2.00. The Balaban J connectivity index is 1.86. The minimum atomic E-state index is 0.642. The molecule has 0 unspecified atom stereocenters. The van der Waals surface area contributed by atoms with Crippen molar-refractivity contribution in [3.8, 4) is 0 Å². The minimum absolute atomic E-state index is 0.642. The monoisotopic (exact) mass is 141 g/mol. The van der Waals surface area contributed by atoms with Crippen LogP contribution in [0.4, 0.5) is 0 Å². The van der Waals surface area contributed by atoms with Crippen LogP contribution in [0.2, 0.25) is 0 Å². The first kappa shape index (κ1) is 6.58. The molecule has 0 aliphatic carbocycles. The molecule has 0 radical (unpaired) electrons. The Bertz CT molecular complexity index is 121. The highest BCUT2D eigenvalue weighted by atomic mass is 15.5. The van der Waals surface area contributed by atoms with E-state index in [0.29, 0.717) is 5.41 Å². The highest BCUT2D eigenvalue weighted by Gasteiger charge is 2.44. The van der Waals surface area contributed by atoms with Gasteiger partial charge in [-0.15, -0.1) is 0 Å². The fourth-order valence-corrected chi connectivity index (χ4v) is 1.99. The maximum absolute atomic E-state index is 3.41. The summed E-state index contributed by atoms with van der Waals surface area (Å²) in [5.41, 5.74) is 3.80. The number of hydrogen-bond acceptors (Lipinski definition) is 3. The number of nitrogens with one attached hydrogen (secondary N) is 2. The van der Waals surface area contributed by atoms with Crippen LogP contribution in [-0.4, -0.2) is 38.2 Å². The van der Waals surface area contributed by atoms with E-state index in [1.807, 2.05) is 7.05 Å². The van der Waals surface area contributed by atoms with E-state index in [0.717, 1.165) is 0 Å². The second-order valence-electron chi connectivity index (χ2n) is 3.51. The molecule has 0 amide bonds. The van der Waals surface area contributed by atoms with Crippen molar-refractivity contribution < 1.29 is 0 Å². The topological polar surface area (TPSA) is 27.3 Å². The van der Waals surface area contributed by atoms with Crippen LogP contribution in [0.15, 0.2) is 0 Å². The third-order valence-corrected chi connectivity index (χ3v) is 2.70. The molecular formula is C7H15N3. The molecule has 0 atom stereocenters. The molecule has 0 saturated carbocycles. The molecule has 2 fully saturated rings. The zero-order chi connectivity index (χ0) is 7.03. The normalized spacial score (nSPS) is 30.9. The first-order valence-electron chi connectivity index (χ1n) is 3.98. The molecule has 2 aliphatic rings. The Morgan fingerprint density at radius 3 is 2.80 bits per heavy atom. The minimum Gasteiger partial charge on any atom is -0.316 e. The molecule has 0 bridgehead atoms. The molecule has 2 saturated heterocycles. The van der Waals surface area contributed by atoms with Gasteiger partial charge in [0.1, 0.15) is 0 Å². The van der Waals surface area contributed by atoms with Gasteiger partial charge in [0.05, 0.1) is 0 Å². The van der Waals surface area contributed by atoms with Crippen molar-refractivity contribution in [3.05, 3.63) is 0 Å². The van der Waals surface area contributed by atoms with Gasteiger partial charge in [0.15, 0.2) is 0 Å². The van der Waals surface area contributed by atoms with Gasteiger partial charge in [-0.05, 0) is 20.0 Å². The molecule has 1 spiro atoms.